The number of rotatable bonds is 5. The van der Waals surface area contributed by atoms with Crippen LogP contribution in [0.5, 0.6) is 11.5 Å². The second-order valence-electron chi connectivity index (χ2n) is 8.68. The molecule has 4 heterocycles. The Morgan fingerprint density at radius 1 is 1.05 bits per heavy atom. The molecule has 8 nitrogen and oxygen atoms in total. The summed E-state index contributed by atoms with van der Waals surface area (Å²) in [5.74, 6) is 0.344. The zero-order chi connectivity index (χ0) is 26.2. The van der Waals surface area contributed by atoms with Crippen molar-refractivity contribution < 1.29 is 27.4 Å². The van der Waals surface area contributed by atoms with Crippen LogP contribution in [0.25, 0.3) is 16.9 Å². The molecule has 1 aliphatic heterocycles. The molecule has 1 atom stereocenters. The molecule has 3 aromatic heterocycles. The number of aromatic nitrogens is 4. The van der Waals surface area contributed by atoms with Gasteiger partial charge in [-0.05, 0) is 55.2 Å². The number of amides is 1. The van der Waals surface area contributed by atoms with Crippen molar-refractivity contribution in [2.45, 2.75) is 31.5 Å². The number of pyridine rings is 1. The Kier molecular flexibility index (Phi) is 6.45. The van der Waals surface area contributed by atoms with Gasteiger partial charge in [-0.2, -0.15) is 18.3 Å². The molecule has 1 saturated heterocycles. The molecule has 0 spiro atoms. The fourth-order valence-corrected chi connectivity index (χ4v) is 4.71. The number of alkyl halides is 3. The normalized spacial score (nSPS) is 16.1. The van der Waals surface area contributed by atoms with Crippen LogP contribution in [0.4, 0.5) is 13.2 Å². The monoisotopic (exact) mass is 511 g/mol. The van der Waals surface area contributed by atoms with Crippen molar-refractivity contribution >= 4 is 11.6 Å². The number of carbonyl (C=O) groups excluding carboxylic acids is 1. The molecule has 1 aromatic carbocycles. The second kappa shape index (κ2) is 9.72. The van der Waals surface area contributed by atoms with Crippen molar-refractivity contribution in [2.24, 2.45) is 0 Å². The van der Waals surface area contributed by atoms with Gasteiger partial charge in [-0.25, -0.2) is 9.50 Å². The lowest BCUT2D eigenvalue weighted by Gasteiger charge is -2.35. The lowest BCUT2D eigenvalue weighted by atomic mass is 9.95. The van der Waals surface area contributed by atoms with Crippen molar-refractivity contribution in [1.82, 2.24) is 24.5 Å². The minimum Gasteiger partial charge on any atom is -0.493 e. The summed E-state index contributed by atoms with van der Waals surface area (Å²) in [6, 6.07) is 9.08. The van der Waals surface area contributed by atoms with Crippen LogP contribution >= 0.6 is 0 Å². The Hall–Kier alpha value is -4.15. The highest BCUT2D eigenvalue weighted by atomic mass is 19.4. The summed E-state index contributed by atoms with van der Waals surface area (Å²) < 4.78 is 53.5. The van der Waals surface area contributed by atoms with Gasteiger partial charge in [0.1, 0.15) is 5.56 Å². The van der Waals surface area contributed by atoms with Gasteiger partial charge in [-0.15, -0.1) is 0 Å². The first-order valence-corrected chi connectivity index (χ1v) is 11.7. The average Bonchev–Trinajstić information content (AvgIpc) is 3.35. The molecule has 0 bridgehead atoms. The molecule has 0 saturated carbocycles. The summed E-state index contributed by atoms with van der Waals surface area (Å²) in [5.41, 5.74) is 0.0729. The van der Waals surface area contributed by atoms with E-state index in [4.69, 9.17) is 9.47 Å². The number of hydrogen-bond donors (Lipinski definition) is 0. The number of carbonyl (C=O) groups is 1. The summed E-state index contributed by atoms with van der Waals surface area (Å²) in [4.78, 5) is 24.1. The van der Waals surface area contributed by atoms with E-state index in [1.54, 1.807) is 41.6 Å². The lowest BCUT2D eigenvalue weighted by molar-refractivity contribution is -0.142. The van der Waals surface area contributed by atoms with Crippen LogP contribution in [0.3, 0.4) is 0 Å². The van der Waals surface area contributed by atoms with Gasteiger partial charge in [0.05, 0.1) is 32.2 Å². The smallest absolute Gasteiger partial charge is 0.433 e. The maximum atomic E-state index is 14.1. The Bertz CT molecular complexity index is 1440. The largest absolute Gasteiger partial charge is 0.493 e. The van der Waals surface area contributed by atoms with Crippen LogP contribution in [-0.4, -0.2) is 51.2 Å². The average molecular weight is 512 g/mol. The molecule has 0 aliphatic carbocycles. The Morgan fingerprint density at radius 3 is 2.57 bits per heavy atom. The number of benzene rings is 1. The van der Waals surface area contributed by atoms with E-state index in [1.807, 2.05) is 6.07 Å². The molecular formula is C26H24F3N5O3. The molecule has 4 aromatic rings. The van der Waals surface area contributed by atoms with E-state index in [-0.39, 0.29) is 22.9 Å². The number of piperidine rings is 1. The standard InChI is InChI=1S/C26H24F3N5O3/c1-36-21-9-8-16(12-22(21)37-2)19-13-23(26(27,28)29)34-24(32-19)18(15-31-34)25(35)33-11-4-3-7-20(33)17-6-5-10-30-14-17/h5-6,8-10,12-15,20H,3-4,7,11H2,1-2H3/t20-/m1/s1. The highest BCUT2D eigenvalue weighted by Gasteiger charge is 2.37. The number of methoxy groups -OCH3 is 2. The third-order valence-corrected chi connectivity index (χ3v) is 6.50. The summed E-state index contributed by atoms with van der Waals surface area (Å²) in [6.07, 6.45) is 2.24. The number of halogens is 3. The van der Waals surface area contributed by atoms with Crippen molar-refractivity contribution in [2.75, 3.05) is 20.8 Å². The molecule has 0 radical (unpaired) electrons. The van der Waals surface area contributed by atoms with Crippen LogP contribution < -0.4 is 9.47 Å². The van der Waals surface area contributed by atoms with E-state index >= 15 is 0 Å². The van der Waals surface area contributed by atoms with Gasteiger partial charge in [-0.3, -0.25) is 9.78 Å². The molecule has 1 fully saturated rings. The van der Waals surface area contributed by atoms with E-state index < -0.39 is 17.8 Å². The number of hydrogen-bond acceptors (Lipinski definition) is 6. The van der Waals surface area contributed by atoms with Gasteiger partial charge in [0.2, 0.25) is 0 Å². The van der Waals surface area contributed by atoms with E-state index in [0.717, 1.165) is 37.1 Å². The molecule has 0 N–H and O–H groups in total. The highest BCUT2D eigenvalue weighted by Crippen LogP contribution is 2.37. The van der Waals surface area contributed by atoms with Crippen molar-refractivity contribution in [3.63, 3.8) is 0 Å². The first-order chi connectivity index (χ1) is 17.8. The fraction of sp³-hybridized carbons (Fsp3) is 0.308. The number of ether oxygens (including phenoxy) is 2. The topological polar surface area (TPSA) is 81.9 Å². The van der Waals surface area contributed by atoms with Gasteiger partial charge in [0, 0.05) is 24.5 Å². The van der Waals surface area contributed by atoms with Crippen LogP contribution in [0, 0.1) is 0 Å². The predicted molar refractivity (Wildman–Crippen MR) is 128 cm³/mol. The third kappa shape index (κ3) is 4.56. The van der Waals surface area contributed by atoms with Gasteiger partial charge in [0.25, 0.3) is 5.91 Å². The summed E-state index contributed by atoms with van der Waals surface area (Å²) in [7, 11) is 2.90. The van der Waals surface area contributed by atoms with Gasteiger partial charge < -0.3 is 14.4 Å². The number of likely N-dealkylation sites (tertiary alicyclic amines) is 1. The van der Waals surface area contributed by atoms with Crippen LogP contribution in [0.2, 0.25) is 0 Å². The molecule has 5 rings (SSSR count). The number of nitrogens with zero attached hydrogens (tertiary/aromatic N) is 5. The SMILES string of the molecule is COc1ccc(-c2cc(C(F)(F)F)n3ncc(C(=O)N4CCCC[C@@H]4c4cccnc4)c3n2)cc1OC. The van der Waals surface area contributed by atoms with Crippen LogP contribution in [0.15, 0.2) is 55.0 Å². The first-order valence-electron chi connectivity index (χ1n) is 11.7. The molecule has 0 unspecified atom stereocenters. The Labute approximate surface area is 210 Å². The first kappa shape index (κ1) is 24.5. The predicted octanol–water partition coefficient (Wildman–Crippen LogP) is 5.19. The number of fused-ring (bicyclic) bond motifs is 1. The van der Waals surface area contributed by atoms with Crippen molar-refractivity contribution in [3.05, 3.63) is 71.8 Å². The second-order valence-corrected chi connectivity index (χ2v) is 8.68. The van der Waals surface area contributed by atoms with Gasteiger partial charge >= 0.3 is 6.18 Å². The summed E-state index contributed by atoms with van der Waals surface area (Å²) in [6.45, 7) is 0.469. The van der Waals surface area contributed by atoms with Gasteiger partial charge in [-0.1, -0.05) is 6.07 Å². The third-order valence-electron chi connectivity index (χ3n) is 6.50. The molecule has 37 heavy (non-hydrogen) atoms. The maximum absolute atomic E-state index is 14.1. The van der Waals surface area contributed by atoms with E-state index in [1.165, 1.54) is 14.2 Å². The fourth-order valence-electron chi connectivity index (χ4n) is 4.71. The maximum Gasteiger partial charge on any atom is 0.433 e. The molecular weight excluding hydrogens is 487 g/mol. The molecule has 1 aliphatic rings. The molecule has 1 amide bonds. The lowest BCUT2D eigenvalue weighted by Crippen LogP contribution is -2.38. The van der Waals surface area contributed by atoms with Crippen molar-refractivity contribution in [1.29, 1.82) is 0 Å². The summed E-state index contributed by atoms with van der Waals surface area (Å²) >= 11 is 0. The minimum absolute atomic E-state index is 0.00335. The van der Waals surface area contributed by atoms with E-state index in [9.17, 15) is 18.0 Å². The zero-order valence-electron chi connectivity index (χ0n) is 20.2. The van der Waals surface area contributed by atoms with E-state index in [2.05, 4.69) is 15.1 Å². The highest BCUT2D eigenvalue weighted by molar-refractivity contribution is 6.00. The molecule has 192 valence electrons. The van der Waals surface area contributed by atoms with Crippen LogP contribution in [-0.2, 0) is 6.18 Å². The quantitative estimate of drug-likeness (QED) is 0.367. The van der Waals surface area contributed by atoms with Crippen LogP contribution in [0.1, 0.15) is 46.9 Å². The Balaban J connectivity index is 1.63. The summed E-state index contributed by atoms with van der Waals surface area (Å²) in [5, 5.41) is 3.92. The zero-order valence-corrected chi connectivity index (χ0v) is 20.2. The minimum atomic E-state index is -4.73. The van der Waals surface area contributed by atoms with Gasteiger partial charge in [0.15, 0.2) is 22.8 Å². The van der Waals surface area contributed by atoms with Crippen molar-refractivity contribution in [3.8, 4) is 22.8 Å². The Morgan fingerprint density at radius 2 is 1.86 bits per heavy atom. The molecule has 11 heteroatoms. The van der Waals surface area contributed by atoms with E-state index in [0.29, 0.717) is 28.1 Å².